The van der Waals surface area contributed by atoms with Gasteiger partial charge in [0.1, 0.15) is 5.69 Å². The van der Waals surface area contributed by atoms with Gasteiger partial charge in [-0.3, -0.25) is 14.4 Å². The molecule has 1 aromatic carbocycles. The molecule has 1 aromatic heterocycles. The second kappa shape index (κ2) is 7.66. The first kappa shape index (κ1) is 20.3. The van der Waals surface area contributed by atoms with Crippen LogP contribution in [0.5, 0.6) is 0 Å². The Balaban J connectivity index is 1.50. The van der Waals surface area contributed by atoms with Gasteiger partial charge in [0.25, 0.3) is 11.8 Å². The van der Waals surface area contributed by atoms with Gasteiger partial charge in [-0.2, -0.15) is 0 Å². The lowest BCUT2D eigenvalue weighted by molar-refractivity contribution is 0.0587. The van der Waals surface area contributed by atoms with E-state index in [1.165, 1.54) is 24.3 Å². The second-order valence-corrected chi connectivity index (χ2v) is 8.18. The number of amides is 2. The van der Waals surface area contributed by atoms with Gasteiger partial charge in [0.15, 0.2) is 17.1 Å². The largest absolute Gasteiger partial charge is 0.349 e. The number of carbonyl (C=O) groups excluding carboxylic acids is 2. The maximum Gasteiger partial charge on any atom is 0.270 e. The summed E-state index contributed by atoms with van der Waals surface area (Å²) in [4.78, 5) is 39.2. The van der Waals surface area contributed by atoms with Crippen LogP contribution in [-0.4, -0.2) is 40.4 Å². The Morgan fingerprint density at radius 3 is 2.43 bits per heavy atom. The summed E-state index contributed by atoms with van der Waals surface area (Å²) < 4.78 is 29.1. The Labute approximate surface area is 172 Å². The Bertz CT molecular complexity index is 1070. The standard InChI is InChI=1S/C22H23F2N3O3/c1-12-8-15(28)9-18(26(12)2)22(30)27-10-13-6-7-14(11-27)20(13)25-21(29)16-4-3-5-17(23)19(16)24/h3-5,8-9,13-14,20H,6-7,10-11H2,1-2H3,(H,25,29)/t13-,14+,20?. The highest BCUT2D eigenvalue weighted by Gasteiger charge is 2.44. The summed E-state index contributed by atoms with van der Waals surface area (Å²) in [6, 6.07) is 6.15. The van der Waals surface area contributed by atoms with Crippen LogP contribution < -0.4 is 10.7 Å². The highest BCUT2D eigenvalue weighted by Crippen LogP contribution is 2.37. The normalized spacial score (nSPS) is 22.8. The number of hydrogen-bond donors (Lipinski definition) is 1. The van der Waals surface area contributed by atoms with Crippen molar-refractivity contribution in [3.63, 3.8) is 0 Å². The number of nitrogens with zero attached hydrogens (tertiary/aromatic N) is 2. The van der Waals surface area contributed by atoms with Gasteiger partial charge in [-0.25, -0.2) is 8.78 Å². The van der Waals surface area contributed by atoms with E-state index in [0.717, 1.165) is 18.9 Å². The molecule has 0 spiro atoms. The van der Waals surface area contributed by atoms with E-state index in [1.54, 1.807) is 23.4 Å². The van der Waals surface area contributed by atoms with Crippen molar-refractivity contribution < 1.29 is 18.4 Å². The molecule has 0 radical (unpaired) electrons. The molecule has 1 saturated heterocycles. The molecule has 1 saturated carbocycles. The summed E-state index contributed by atoms with van der Waals surface area (Å²) >= 11 is 0. The van der Waals surface area contributed by atoms with Crippen molar-refractivity contribution in [3.05, 3.63) is 69.1 Å². The molecule has 8 heteroatoms. The van der Waals surface area contributed by atoms with Crippen LogP contribution in [0, 0.1) is 30.4 Å². The molecule has 4 rings (SSSR count). The maximum atomic E-state index is 14.0. The van der Waals surface area contributed by atoms with Gasteiger partial charge in [0.05, 0.1) is 5.56 Å². The molecule has 2 amide bonds. The van der Waals surface area contributed by atoms with E-state index >= 15 is 0 Å². The first-order valence-corrected chi connectivity index (χ1v) is 9.98. The first-order chi connectivity index (χ1) is 14.3. The fourth-order valence-corrected chi connectivity index (χ4v) is 4.67. The number of rotatable bonds is 3. The van der Waals surface area contributed by atoms with Crippen LogP contribution in [0.25, 0.3) is 0 Å². The van der Waals surface area contributed by atoms with Crippen LogP contribution in [0.4, 0.5) is 8.78 Å². The highest BCUT2D eigenvalue weighted by atomic mass is 19.2. The van der Waals surface area contributed by atoms with Crippen LogP contribution in [-0.2, 0) is 7.05 Å². The molecule has 1 unspecified atom stereocenters. The lowest BCUT2D eigenvalue weighted by Gasteiger charge is -2.38. The van der Waals surface area contributed by atoms with Crippen molar-refractivity contribution in [3.8, 4) is 0 Å². The van der Waals surface area contributed by atoms with E-state index in [2.05, 4.69) is 5.32 Å². The Hall–Kier alpha value is -3.03. The van der Waals surface area contributed by atoms with E-state index in [1.807, 2.05) is 0 Å². The van der Waals surface area contributed by atoms with Crippen LogP contribution in [0.15, 0.2) is 35.1 Å². The van der Waals surface area contributed by atoms with Gasteiger partial charge in [0, 0.05) is 44.0 Å². The third-order valence-corrected chi connectivity index (χ3v) is 6.35. The molecule has 6 nitrogen and oxygen atoms in total. The van der Waals surface area contributed by atoms with Gasteiger partial charge in [-0.15, -0.1) is 0 Å². The van der Waals surface area contributed by atoms with Crippen LogP contribution >= 0.6 is 0 Å². The zero-order chi connectivity index (χ0) is 21.6. The van der Waals surface area contributed by atoms with Gasteiger partial charge < -0.3 is 14.8 Å². The van der Waals surface area contributed by atoms with E-state index in [0.29, 0.717) is 24.5 Å². The average molecular weight is 415 g/mol. The molecular weight excluding hydrogens is 392 g/mol. The molecule has 2 bridgehead atoms. The monoisotopic (exact) mass is 415 g/mol. The van der Waals surface area contributed by atoms with E-state index in [4.69, 9.17) is 0 Å². The number of fused-ring (bicyclic) bond motifs is 2. The zero-order valence-electron chi connectivity index (χ0n) is 16.8. The fourth-order valence-electron chi connectivity index (χ4n) is 4.67. The summed E-state index contributed by atoms with van der Waals surface area (Å²) in [6.07, 6.45) is 1.66. The minimum Gasteiger partial charge on any atom is -0.349 e. The van der Waals surface area contributed by atoms with E-state index in [9.17, 15) is 23.2 Å². The second-order valence-electron chi connectivity index (χ2n) is 8.18. The van der Waals surface area contributed by atoms with E-state index < -0.39 is 17.5 Å². The lowest BCUT2D eigenvalue weighted by Crippen LogP contribution is -2.54. The number of pyridine rings is 1. The smallest absolute Gasteiger partial charge is 0.270 e. The Kier molecular flexibility index (Phi) is 5.17. The summed E-state index contributed by atoms with van der Waals surface area (Å²) in [5.41, 5.74) is 0.510. The lowest BCUT2D eigenvalue weighted by atomic mass is 9.91. The Morgan fingerprint density at radius 2 is 1.77 bits per heavy atom. The molecule has 1 aliphatic heterocycles. The number of benzene rings is 1. The molecule has 1 N–H and O–H groups in total. The highest BCUT2D eigenvalue weighted by molar-refractivity contribution is 5.95. The minimum atomic E-state index is -1.16. The van der Waals surface area contributed by atoms with Crippen LogP contribution in [0.1, 0.15) is 39.4 Å². The minimum absolute atomic E-state index is 0.0232. The van der Waals surface area contributed by atoms with Gasteiger partial charge in [-0.05, 0) is 43.7 Å². The van der Waals surface area contributed by atoms with Gasteiger partial charge >= 0.3 is 0 Å². The molecular formula is C22H23F2N3O3. The summed E-state index contributed by atoms with van der Waals surface area (Å²) in [5, 5.41) is 2.86. The van der Waals surface area contributed by atoms with Crippen molar-refractivity contribution >= 4 is 11.8 Å². The van der Waals surface area contributed by atoms with Crippen molar-refractivity contribution in [2.45, 2.75) is 25.8 Å². The number of piperidine rings is 1. The van der Waals surface area contributed by atoms with Gasteiger partial charge in [-0.1, -0.05) is 6.07 Å². The number of nitrogens with one attached hydrogen (secondary N) is 1. The van der Waals surface area contributed by atoms with E-state index in [-0.39, 0.29) is 34.8 Å². The average Bonchev–Trinajstić information content (AvgIpc) is 2.93. The molecule has 2 aromatic rings. The number of hydrogen-bond acceptors (Lipinski definition) is 3. The molecule has 30 heavy (non-hydrogen) atoms. The quantitative estimate of drug-likeness (QED) is 0.836. The molecule has 2 aliphatic rings. The van der Waals surface area contributed by atoms with Crippen molar-refractivity contribution in [1.29, 1.82) is 0 Å². The van der Waals surface area contributed by atoms with Crippen molar-refractivity contribution in [2.24, 2.45) is 18.9 Å². The van der Waals surface area contributed by atoms with Gasteiger partial charge in [0.2, 0.25) is 0 Å². The SMILES string of the molecule is Cc1cc(=O)cc(C(=O)N2C[C@H]3CC[C@@H](C2)C3NC(=O)c2cccc(F)c2F)n1C. The molecule has 158 valence electrons. The van der Waals surface area contributed by atoms with Crippen molar-refractivity contribution in [2.75, 3.05) is 13.1 Å². The number of carbonyl (C=O) groups is 2. The molecule has 2 fully saturated rings. The number of likely N-dealkylation sites (tertiary alicyclic amines) is 1. The molecule has 2 heterocycles. The number of halogens is 2. The summed E-state index contributed by atoms with van der Waals surface area (Å²) in [5.74, 6) is -3.03. The Morgan fingerprint density at radius 1 is 1.10 bits per heavy atom. The number of aryl methyl sites for hydroxylation is 1. The van der Waals surface area contributed by atoms with Crippen molar-refractivity contribution in [1.82, 2.24) is 14.8 Å². The third-order valence-electron chi connectivity index (χ3n) is 6.35. The third kappa shape index (κ3) is 3.51. The summed E-state index contributed by atoms with van der Waals surface area (Å²) in [6.45, 7) is 2.65. The predicted octanol–water partition coefficient (Wildman–Crippen LogP) is 2.25. The molecule has 1 aliphatic carbocycles. The number of aromatic nitrogens is 1. The zero-order valence-corrected chi connectivity index (χ0v) is 16.8. The fraction of sp³-hybridized carbons (Fsp3) is 0.409. The summed E-state index contributed by atoms with van der Waals surface area (Å²) in [7, 11) is 1.75. The molecule has 3 atom stereocenters. The van der Waals surface area contributed by atoms with Crippen LogP contribution in [0.2, 0.25) is 0 Å². The predicted molar refractivity (Wildman–Crippen MR) is 106 cm³/mol. The maximum absolute atomic E-state index is 14.0. The topological polar surface area (TPSA) is 71.4 Å². The van der Waals surface area contributed by atoms with Crippen LogP contribution in [0.3, 0.4) is 0 Å². The first-order valence-electron chi connectivity index (χ1n) is 9.98.